The van der Waals surface area contributed by atoms with E-state index in [1.165, 1.54) is 5.56 Å². The van der Waals surface area contributed by atoms with E-state index in [0.717, 1.165) is 48.0 Å². The fraction of sp³-hybridized carbons (Fsp3) is 0.526. The summed E-state index contributed by atoms with van der Waals surface area (Å²) in [4.78, 5) is 16.9. The molecule has 1 saturated heterocycles. The summed E-state index contributed by atoms with van der Waals surface area (Å²) in [5.41, 5.74) is 3.21. The Hall–Kier alpha value is -2.03. The zero-order valence-electron chi connectivity index (χ0n) is 16.5. The lowest BCUT2D eigenvalue weighted by atomic mass is 10.1. The van der Waals surface area contributed by atoms with E-state index in [4.69, 9.17) is 12.2 Å². The highest BCUT2D eigenvalue weighted by Gasteiger charge is 2.20. The van der Waals surface area contributed by atoms with Crippen molar-refractivity contribution in [2.24, 2.45) is 7.05 Å². The van der Waals surface area contributed by atoms with Gasteiger partial charge in [-0.25, -0.2) is 4.68 Å². The van der Waals surface area contributed by atoms with Gasteiger partial charge in [-0.3, -0.25) is 14.6 Å². The molecule has 27 heavy (non-hydrogen) atoms. The van der Waals surface area contributed by atoms with Crippen LogP contribution < -0.4 is 5.32 Å². The lowest BCUT2D eigenvalue weighted by molar-refractivity contribution is -0.117. The topological polar surface area (TPSA) is 58.3 Å². The molecule has 8 heteroatoms. The average molecular weight is 389 g/mol. The number of nitrogens with one attached hydrogen (secondary N) is 1. The SMILES string of the molecule is Cc1cccc(NC(=O)CN2CCN(Cn3nc(C)n(C)c3=S)CC2)c1C. The summed E-state index contributed by atoms with van der Waals surface area (Å²) in [6.45, 7) is 10.7. The maximum atomic E-state index is 12.4. The molecule has 0 bridgehead atoms. The van der Waals surface area contributed by atoms with Crippen LogP contribution in [-0.2, 0) is 18.5 Å². The number of hydrogen-bond donors (Lipinski definition) is 1. The van der Waals surface area contributed by atoms with Crippen molar-refractivity contribution in [2.75, 3.05) is 38.0 Å². The number of carbonyl (C=O) groups is 1. The fourth-order valence-corrected chi connectivity index (χ4v) is 3.48. The Kier molecular flexibility index (Phi) is 6.08. The minimum atomic E-state index is 0.0414. The number of hydrogen-bond acceptors (Lipinski definition) is 5. The molecule has 1 aromatic carbocycles. The summed E-state index contributed by atoms with van der Waals surface area (Å²) in [5, 5.41) is 7.53. The normalized spacial score (nSPS) is 15.9. The molecule has 0 radical (unpaired) electrons. The molecule has 1 aliphatic rings. The summed E-state index contributed by atoms with van der Waals surface area (Å²) in [6.07, 6.45) is 0. The lowest BCUT2D eigenvalue weighted by Crippen LogP contribution is -2.49. The van der Waals surface area contributed by atoms with Gasteiger partial charge in [0.25, 0.3) is 0 Å². The van der Waals surface area contributed by atoms with Crippen LogP contribution in [0.5, 0.6) is 0 Å². The lowest BCUT2D eigenvalue weighted by Gasteiger charge is -2.34. The number of anilines is 1. The molecular weight excluding hydrogens is 360 g/mol. The molecular formula is C19H28N6OS. The van der Waals surface area contributed by atoms with E-state index >= 15 is 0 Å². The number of nitrogens with zero attached hydrogens (tertiary/aromatic N) is 5. The van der Waals surface area contributed by atoms with Crippen molar-refractivity contribution in [3.63, 3.8) is 0 Å². The first-order valence-corrected chi connectivity index (χ1v) is 9.67. The van der Waals surface area contributed by atoms with Gasteiger partial charge in [-0.1, -0.05) is 12.1 Å². The second-order valence-corrected chi connectivity index (χ2v) is 7.58. The van der Waals surface area contributed by atoms with Crippen molar-refractivity contribution in [3.8, 4) is 0 Å². The molecule has 0 atom stereocenters. The minimum absolute atomic E-state index is 0.0414. The summed E-state index contributed by atoms with van der Waals surface area (Å²) in [6, 6.07) is 5.98. The molecule has 146 valence electrons. The van der Waals surface area contributed by atoms with Crippen LogP contribution in [0.3, 0.4) is 0 Å². The van der Waals surface area contributed by atoms with Gasteiger partial charge >= 0.3 is 0 Å². The van der Waals surface area contributed by atoms with Crippen LogP contribution in [0.4, 0.5) is 5.69 Å². The summed E-state index contributed by atoms with van der Waals surface area (Å²) >= 11 is 5.42. The van der Waals surface area contributed by atoms with Gasteiger partial charge in [-0.2, -0.15) is 5.10 Å². The third-order valence-corrected chi connectivity index (χ3v) is 5.79. The monoisotopic (exact) mass is 388 g/mol. The van der Waals surface area contributed by atoms with Crippen LogP contribution in [0.1, 0.15) is 17.0 Å². The van der Waals surface area contributed by atoms with Gasteiger partial charge in [-0.05, 0) is 50.2 Å². The number of piperazine rings is 1. The van der Waals surface area contributed by atoms with Gasteiger partial charge in [-0.15, -0.1) is 0 Å². The summed E-state index contributed by atoms with van der Waals surface area (Å²) in [7, 11) is 1.94. The molecule has 1 aliphatic heterocycles. The third-order valence-electron chi connectivity index (χ3n) is 5.30. The first-order chi connectivity index (χ1) is 12.8. The van der Waals surface area contributed by atoms with Gasteiger partial charge < -0.3 is 9.88 Å². The largest absolute Gasteiger partial charge is 0.325 e. The number of aryl methyl sites for hydroxylation is 2. The Balaban J connectivity index is 1.49. The summed E-state index contributed by atoms with van der Waals surface area (Å²) < 4.78 is 4.53. The Morgan fingerprint density at radius 2 is 1.81 bits per heavy atom. The Morgan fingerprint density at radius 3 is 2.44 bits per heavy atom. The van der Waals surface area contributed by atoms with Crippen molar-refractivity contribution in [2.45, 2.75) is 27.4 Å². The molecule has 0 spiro atoms. The maximum Gasteiger partial charge on any atom is 0.238 e. The van der Waals surface area contributed by atoms with E-state index in [-0.39, 0.29) is 5.91 Å². The van der Waals surface area contributed by atoms with E-state index in [2.05, 4.69) is 33.2 Å². The number of aromatic nitrogens is 3. The van der Waals surface area contributed by atoms with Crippen LogP contribution >= 0.6 is 12.2 Å². The number of rotatable bonds is 5. The van der Waals surface area contributed by atoms with Crippen molar-refractivity contribution in [1.29, 1.82) is 0 Å². The molecule has 1 fully saturated rings. The van der Waals surface area contributed by atoms with E-state index in [1.54, 1.807) is 0 Å². The number of carbonyl (C=O) groups excluding carboxylic acids is 1. The first kappa shape index (κ1) is 19.7. The zero-order valence-corrected chi connectivity index (χ0v) is 17.3. The fourth-order valence-electron chi connectivity index (χ4n) is 3.25. The first-order valence-electron chi connectivity index (χ1n) is 9.26. The van der Waals surface area contributed by atoms with Gasteiger partial charge in [0.2, 0.25) is 5.91 Å². The Bertz CT molecular complexity index is 879. The summed E-state index contributed by atoms with van der Waals surface area (Å²) in [5.74, 6) is 0.960. The van der Waals surface area contributed by atoms with Crippen LogP contribution in [0.25, 0.3) is 0 Å². The smallest absolute Gasteiger partial charge is 0.238 e. The molecule has 0 saturated carbocycles. The van der Waals surface area contributed by atoms with Gasteiger partial charge in [0.05, 0.1) is 13.2 Å². The molecule has 1 amide bonds. The zero-order chi connectivity index (χ0) is 19.6. The highest BCUT2D eigenvalue weighted by Crippen LogP contribution is 2.18. The van der Waals surface area contributed by atoms with E-state index < -0.39 is 0 Å². The predicted octanol–water partition coefficient (Wildman–Crippen LogP) is 2.09. The van der Waals surface area contributed by atoms with Crippen molar-refractivity contribution >= 4 is 23.8 Å². The van der Waals surface area contributed by atoms with Crippen LogP contribution in [-0.4, -0.2) is 62.8 Å². The molecule has 2 heterocycles. The quantitative estimate of drug-likeness (QED) is 0.795. The van der Waals surface area contributed by atoms with Gasteiger partial charge in [0.1, 0.15) is 5.82 Å². The van der Waals surface area contributed by atoms with Crippen molar-refractivity contribution < 1.29 is 4.79 Å². The van der Waals surface area contributed by atoms with Crippen LogP contribution in [0.2, 0.25) is 0 Å². The minimum Gasteiger partial charge on any atom is -0.325 e. The van der Waals surface area contributed by atoms with Gasteiger partial charge in [0.15, 0.2) is 4.77 Å². The second-order valence-electron chi connectivity index (χ2n) is 7.22. The molecule has 0 aliphatic carbocycles. The Labute approximate surface area is 165 Å². The molecule has 0 unspecified atom stereocenters. The Morgan fingerprint density at radius 1 is 1.15 bits per heavy atom. The van der Waals surface area contributed by atoms with E-state index in [0.29, 0.717) is 13.2 Å². The molecule has 2 aromatic rings. The molecule has 1 N–H and O–H groups in total. The number of amides is 1. The highest BCUT2D eigenvalue weighted by molar-refractivity contribution is 7.71. The van der Waals surface area contributed by atoms with Crippen LogP contribution in [0, 0.1) is 25.5 Å². The molecule has 7 nitrogen and oxygen atoms in total. The highest BCUT2D eigenvalue weighted by atomic mass is 32.1. The van der Waals surface area contributed by atoms with E-state index in [9.17, 15) is 4.79 Å². The number of benzene rings is 1. The molecule has 3 rings (SSSR count). The van der Waals surface area contributed by atoms with Crippen molar-refractivity contribution in [3.05, 3.63) is 39.9 Å². The van der Waals surface area contributed by atoms with Crippen LogP contribution in [0.15, 0.2) is 18.2 Å². The third kappa shape index (κ3) is 4.63. The van der Waals surface area contributed by atoms with E-state index in [1.807, 2.05) is 42.3 Å². The van der Waals surface area contributed by atoms with Crippen molar-refractivity contribution in [1.82, 2.24) is 24.1 Å². The average Bonchev–Trinajstić information content (AvgIpc) is 2.87. The molecule has 1 aromatic heterocycles. The predicted molar refractivity (Wildman–Crippen MR) is 109 cm³/mol. The van der Waals surface area contributed by atoms with Gasteiger partial charge in [0, 0.05) is 38.9 Å². The second kappa shape index (κ2) is 8.33. The maximum absolute atomic E-state index is 12.4. The standard InChI is InChI=1S/C19H28N6OS/c1-14-6-5-7-17(15(14)2)20-18(26)12-23-8-10-24(11-9-23)13-25-19(27)22(4)16(3)21-25/h5-7H,8-13H2,1-4H3,(H,20,26).